The molecule has 1 N–H and O–H groups in total. The number of carbonyl (C=O) groups excluding carboxylic acids is 1. The average Bonchev–Trinajstić information content (AvgIpc) is 3.03. The second-order valence-corrected chi connectivity index (χ2v) is 6.15. The van der Waals surface area contributed by atoms with E-state index in [1.54, 1.807) is 22.2 Å². The largest absolute Gasteiger partial charge is 0.349 e. The van der Waals surface area contributed by atoms with Crippen LogP contribution in [0.3, 0.4) is 0 Å². The maximum Gasteiger partial charge on any atom is 0.244 e. The van der Waals surface area contributed by atoms with E-state index in [1.807, 2.05) is 25.3 Å². The summed E-state index contributed by atoms with van der Waals surface area (Å²) in [5.41, 5.74) is 1.94. The normalized spacial score (nSPS) is 16.1. The minimum absolute atomic E-state index is 0.0298. The third-order valence-electron chi connectivity index (χ3n) is 3.55. The number of hydrogen-bond donors (Lipinski definition) is 1. The highest BCUT2D eigenvalue weighted by Crippen LogP contribution is 2.41. The Bertz CT molecular complexity index is 614. The van der Waals surface area contributed by atoms with Gasteiger partial charge in [0.05, 0.1) is 17.2 Å². The lowest BCUT2D eigenvalue weighted by Crippen LogP contribution is -2.31. The van der Waals surface area contributed by atoms with Gasteiger partial charge < -0.3 is 5.32 Å². The molecule has 5 nitrogen and oxygen atoms in total. The lowest BCUT2D eigenvalue weighted by atomic mass is 10.3. The summed E-state index contributed by atoms with van der Waals surface area (Å²) in [6.07, 6.45) is 4.23. The molecule has 2 aromatic heterocycles. The van der Waals surface area contributed by atoms with Gasteiger partial charge in [-0.2, -0.15) is 5.10 Å². The Kier molecular flexibility index (Phi) is 3.56. The van der Waals surface area contributed by atoms with Crippen molar-refractivity contribution in [3.05, 3.63) is 34.0 Å². The van der Waals surface area contributed by atoms with Crippen molar-refractivity contribution in [2.75, 3.05) is 0 Å². The molecule has 1 aliphatic rings. The standard InChI is InChI=1S/C14H18N4OS/c1-9-5-6-16-18(9)10(2)13(19)15-7-12-8-20-14(17-12)11-3-4-11/h5-6,8,10-11H,3-4,7H2,1-2H3,(H,15,19)/t10-/m1/s1. The predicted molar refractivity (Wildman–Crippen MR) is 77.6 cm³/mol. The quantitative estimate of drug-likeness (QED) is 0.920. The van der Waals surface area contributed by atoms with Crippen molar-refractivity contribution >= 4 is 17.2 Å². The van der Waals surface area contributed by atoms with Crippen molar-refractivity contribution in [2.45, 2.75) is 45.2 Å². The summed E-state index contributed by atoms with van der Waals surface area (Å²) >= 11 is 1.70. The number of thiazole rings is 1. The molecule has 0 unspecified atom stereocenters. The number of aryl methyl sites for hydroxylation is 1. The number of hydrogen-bond acceptors (Lipinski definition) is 4. The molecule has 20 heavy (non-hydrogen) atoms. The third-order valence-corrected chi connectivity index (χ3v) is 4.61. The van der Waals surface area contributed by atoms with Crippen molar-refractivity contribution in [2.24, 2.45) is 0 Å². The zero-order valence-electron chi connectivity index (χ0n) is 11.7. The molecule has 0 spiro atoms. The van der Waals surface area contributed by atoms with Crippen LogP contribution in [0.15, 0.2) is 17.6 Å². The molecule has 1 aliphatic carbocycles. The van der Waals surface area contributed by atoms with E-state index < -0.39 is 0 Å². The van der Waals surface area contributed by atoms with Gasteiger partial charge in [-0.1, -0.05) is 0 Å². The number of nitrogens with zero attached hydrogens (tertiary/aromatic N) is 3. The summed E-state index contributed by atoms with van der Waals surface area (Å²) in [5.74, 6) is 0.646. The molecule has 0 bridgehead atoms. The topological polar surface area (TPSA) is 59.8 Å². The van der Waals surface area contributed by atoms with E-state index in [2.05, 4.69) is 15.4 Å². The first-order chi connectivity index (χ1) is 9.65. The van der Waals surface area contributed by atoms with Crippen LogP contribution in [0.2, 0.25) is 0 Å². The molecule has 1 fully saturated rings. The Labute approximate surface area is 122 Å². The van der Waals surface area contributed by atoms with E-state index in [1.165, 1.54) is 17.8 Å². The second kappa shape index (κ2) is 5.36. The molecule has 0 radical (unpaired) electrons. The second-order valence-electron chi connectivity index (χ2n) is 5.26. The Balaban J connectivity index is 1.57. The molecule has 2 heterocycles. The zero-order chi connectivity index (χ0) is 14.1. The molecular weight excluding hydrogens is 272 g/mol. The Hall–Kier alpha value is -1.69. The molecule has 106 valence electrons. The van der Waals surface area contributed by atoms with E-state index in [-0.39, 0.29) is 11.9 Å². The van der Waals surface area contributed by atoms with Gasteiger partial charge in [-0.15, -0.1) is 11.3 Å². The summed E-state index contributed by atoms with van der Waals surface area (Å²) in [4.78, 5) is 16.7. The maximum absolute atomic E-state index is 12.1. The first-order valence-electron chi connectivity index (χ1n) is 6.87. The molecule has 3 rings (SSSR count). The van der Waals surface area contributed by atoms with Gasteiger partial charge in [0.1, 0.15) is 6.04 Å². The van der Waals surface area contributed by atoms with E-state index >= 15 is 0 Å². The highest BCUT2D eigenvalue weighted by Gasteiger charge is 2.26. The van der Waals surface area contributed by atoms with Crippen LogP contribution in [0.1, 0.15) is 48.1 Å². The van der Waals surface area contributed by atoms with Crippen molar-refractivity contribution in [1.82, 2.24) is 20.1 Å². The third kappa shape index (κ3) is 2.75. The van der Waals surface area contributed by atoms with Crippen molar-refractivity contribution in [1.29, 1.82) is 0 Å². The van der Waals surface area contributed by atoms with Crippen LogP contribution in [-0.4, -0.2) is 20.7 Å². The van der Waals surface area contributed by atoms with Gasteiger partial charge in [0.25, 0.3) is 0 Å². The summed E-state index contributed by atoms with van der Waals surface area (Å²) in [7, 11) is 0. The monoisotopic (exact) mass is 290 g/mol. The number of aromatic nitrogens is 3. The summed E-state index contributed by atoms with van der Waals surface area (Å²) in [6.45, 7) is 4.29. The van der Waals surface area contributed by atoms with E-state index in [0.29, 0.717) is 12.5 Å². The van der Waals surface area contributed by atoms with Crippen molar-refractivity contribution in [3.63, 3.8) is 0 Å². The van der Waals surface area contributed by atoms with Crippen LogP contribution in [0.25, 0.3) is 0 Å². The maximum atomic E-state index is 12.1. The van der Waals surface area contributed by atoms with Crippen LogP contribution in [0, 0.1) is 6.92 Å². The van der Waals surface area contributed by atoms with Gasteiger partial charge in [0.2, 0.25) is 5.91 Å². The molecule has 0 aliphatic heterocycles. The van der Waals surface area contributed by atoms with Gasteiger partial charge in [-0.05, 0) is 32.8 Å². The molecular formula is C14H18N4OS. The Morgan fingerprint density at radius 3 is 3.05 bits per heavy atom. The smallest absolute Gasteiger partial charge is 0.244 e. The van der Waals surface area contributed by atoms with Crippen LogP contribution in [-0.2, 0) is 11.3 Å². The summed E-state index contributed by atoms with van der Waals surface area (Å²) in [6, 6.07) is 1.60. The van der Waals surface area contributed by atoms with Crippen LogP contribution in [0.5, 0.6) is 0 Å². The first-order valence-corrected chi connectivity index (χ1v) is 7.75. The zero-order valence-corrected chi connectivity index (χ0v) is 12.5. The lowest BCUT2D eigenvalue weighted by Gasteiger charge is -2.13. The fraction of sp³-hybridized carbons (Fsp3) is 0.500. The summed E-state index contributed by atoms with van der Waals surface area (Å²) in [5, 5.41) is 10.4. The van der Waals surface area contributed by atoms with Gasteiger partial charge in [-0.25, -0.2) is 4.98 Å². The molecule has 0 aromatic carbocycles. The predicted octanol–water partition coefficient (Wildman–Crippen LogP) is 2.40. The van der Waals surface area contributed by atoms with Gasteiger partial charge in [0, 0.05) is 23.2 Å². The van der Waals surface area contributed by atoms with E-state index in [9.17, 15) is 4.79 Å². The van der Waals surface area contributed by atoms with Crippen LogP contribution in [0.4, 0.5) is 0 Å². The van der Waals surface area contributed by atoms with Gasteiger partial charge >= 0.3 is 0 Å². The van der Waals surface area contributed by atoms with E-state index in [0.717, 1.165) is 11.4 Å². The highest BCUT2D eigenvalue weighted by atomic mass is 32.1. The molecule has 2 aromatic rings. The van der Waals surface area contributed by atoms with Crippen LogP contribution >= 0.6 is 11.3 Å². The highest BCUT2D eigenvalue weighted by molar-refractivity contribution is 7.09. The molecule has 1 saturated carbocycles. The number of rotatable bonds is 5. The SMILES string of the molecule is Cc1ccnn1[C@H](C)C(=O)NCc1csc(C2CC2)n1. The minimum atomic E-state index is -0.300. The number of nitrogens with one attached hydrogen (secondary N) is 1. The molecule has 6 heteroatoms. The summed E-state index contributed by atoms with van der Waals surface area (Å²) < 4.78 is 1.73. The Morgan fingerprint density at radius 2 is 2.40 bits per heavy atom. The van der Waals surface area contributed by atoms with Crippen LogP contribution < -0.4 is 5.32 Å². The minimum Gasteiger partial charge on any atom is -0.349 e. The molecule has 1 atom stereocenters. The number of carbonyl (C=O) groups is 1. The molecule has 1 amide bonds. The van der Waals surface area contributed by atoms with Crippen molar-refractivity contribution < 1.29 is 4.79 Å². The fourth-order valence-corrected chi connectivity index (χ4v) is 3.13. The lowest BCUT2D eigenvalue weighted by molar-refractivity contribution is -0.124. The first kappa shape index (κ1) is 13.3. The van der Waals surface area contributed by atoms with E-state index in [4.69, 9.17) is 0 Å². The Morgan fingerprint density at radius 1 is 1.60 bits per heavy atom. The van der Waals surface area contributed by atoms with Crippen molar-refractivity contribution in [3.8, 4) is 0 Å². The van der Waals surface area contributed by atoms with Gasteiger partial charge in [0.15, 0.2) is 0 Å². The van der Waals surface area contributed by atoms with Gasteiger partial charge in [-0.3, -0.25) is 9.48 Å². The number of amides is 1. The fourth-order valence-electron chi connectivity index (χ4n) is 2.14. The molecule has 0 saturated heterocycles. The average molecular weight is 290 g/mol.